The minimum absolute atomic E-state index is 0.327. The monoisotopic (exact) mass is 245 g/mol. The molecule has 92 valence electrons. The fraction of sp³-hybridized carbons (Fsp3) is 0.167. The van der Waals surface area contributed by atoms with Crippen LogP contribution in [0.25, 0.3) is 10.9 Å². The number of carbonyl (C=O) groups excluding carboxylic acids is 1. The molecule has 0 radical (unpaired) electrons. The van der Waals surface area contributed by atoms with Gasteiger partial charge in [0.25, 0.3) is 0 Å². The van der Waals surface area contributed by atoms with E-state index < -0.39 is 18.1 Å². The van der Waals surface area contributed by atoms with Crippen molar-refractivity contribution in [2.75, 3.05) is 0 Å². The van der Waals surface area contributed by atoms with Gasteiger partial charge in [0.15, 0.2) is 6.10 Å². The summed E-state index contributed by atoms with van der Waals surface area (Å²) in [5.41, 5.74) is 6.37. The molecule has 2 atom stereocenters. The van der Waals surface area contributed by atoms with E-state index in [4.69, 9.17) is 11.0 Å². The molecule has 2 unspecified atom stereocenters. The molecule has 0 saturated carbocycles. The number of H-pyrrole nitrogens is 1. The molecule has 0 aliphatic heterocycles. The molecule has 0 fully saturated rings. The van der Waals surface area contributed by atoms with Crippen molar-refractivity contribution in [1.29, 1.82) is 5.26 Å². The minimum atomic E-state index is -1.69. The highest BCUT2D eigenvalue weighted by Crippen LogP contribution is 2.27. The number of fused-ring (bicyclic) bond motifs is 1. The number of nitrogens with one attached hydrogen (secondary N) is 1. The van der Waals surface area contributed by atoms with Gasteiger partial charge < -0.3 is 20.9 Å². The Labute approximate surface area is 102 Å². The maximum Gasteiger partial charge on any atom is 0.249 e. The number of amides is 1. The normalized spacial score (nSPS) is 14.1. The molecule has 6 nitrogen and oxygen atoms in total. The van der Waals surface area contributed by atoms with E-state index in [2.05, 4.69) is 4.98 Å². The lowest BCUT2D eigenvalue weighted by molar-refractivity contribution is -0.131. The Morgan fingerprint density at radius 3 is 2.78 bits per heavy atom. The Bertz CT molecular complexity index is 642. The van der Waals surface area contributed by atoms with Gasteiger partial charge in [-0.2, -0.15) is 5.26 Å². The number of aromatic amines is 1. The quantitative estimate of drug-likeness (QED) is 0.603. The van der Waals surface area contributed by atoms with Crippen molar-refractivity contribution in [3.63, 3.8) is 0 Å². The number of carbonyl (C=O) groups is 1. The third-order valence-electron chi connectivity index (χ3n) is 2.75. The molecule has 2 aromatic rings. The summed E-state index contributed by atoms with van der Waals surface area (Å²) in [4.78, 5) is 13.7. The number of benzene rings is 1. The second kappa shape index (κ2) is 4.49. The summed E-state index contributed by atoms with van der Waals surface area (Å²) in [6.45, 7) is 0. The topological polar surface area (TPSA) is 123 Å². The molecule has 0 bridgehead atoms. The number of hydrogen-bond acceptors (Lipinski definition) is 4. The molecular formula is C12H11N3O3. The molecule has 1 heterocycles. The highest BCUT2D eigenvalue weighted by Gasteiger charge is 2.25. The summed E-state index contributed by atoms with van der Waals surface area (Å²) in [5, 5.41) is 28.7. The van der Waals surface area contributed by atoms with Gasteiger partial charge in [-0.05, 0) is 18.2 Å². The van der Waals surface area contributed by atoms with Crippen LogP contribution in [-0.2, 0) is 4.79 Å². The number of nitrogens with two attached hydrogens (primary N) is 1. The average Bonchev–Trinajstić information content (AvgIpc) is 2.79. The largest absolute Gasteiger partial charge is 0.385 e. The number of nitriles is 1. The van der Waals surface area contributed by atoms with Crippen LogP contribution < -0.4 is 5.73 Å². The Morgan fingerprint density at radius 2 is 2.17 bits per heavy atom. The molecule has 0 aliphatic rings. The highest BCUT2D eigenvalue weighted by molar-refractivity contribution is 5.86. The first-order valence-electron chi connectivity index (χ1n) is 5.21. The van der Waals surface area contributed by atoms with Crippen molar-refractivity contribution in [2.45, 2.75) is 12.2 Å². The van der Waals surface area contributed by atoms with Crippen molar-refractivity contribution < 1.29 is 15.0 Å². The van der Waals surface area contributed by atoms with Gasteiger partial charge in [0.1, 0.15) is 6.10 Å². The standard InChI is InChI=1S/C12H11N3O3/c13-4-6-1-2-9-7(3-6)8(5-15-9)10(16)11(17)12(14)18/h1-3,5,10-11,15-17H,(H2,14,18). The molecule has 1 aromatic heterocycles. The summed E-state index contributed by atoms with van der Waals surface area (Å²) in [6, 6.07) is 6.85. The maximum atomic E-state index is 10.8. The molecule has 1 aromatic carbocycles. The van der Waals surface area contributed by atoms with E-state index in [0.29, 0.717) is 22.0 Å². The van der Waals surface area contributed by atoms with Gasteiger partial charge in [-0.15, -0.1) is 0 Å². The fourth-order valence-electron chi connectivity index (χ4n) is 1.78. The van der Waals surface area contributed by atoms with E-state index in [9.17, 15) is 15.0 Å². The summed E-state index contributed by atoms with van der Waals surface area (Å²) >= 11 is 0. The molecule has 0 saturated heterocycles. The van der Waals surface area contributed by atoms with Gasteiger partial charge >= 0.3 is 0 Å². The van der Waals surface area contributed by atoms with Gasteiger partial charge in [-0.3, -0.25) is 4.79 Å². The van der Waals surface area contributed by atoms with Crippen molar-refractivity contribution in [3.05, 3.63) is 35.5 Å². The van der Waals surface area contributed by atoms with Gasteiger partial charge in [0.05, 0.1) is 11.6 Å². The van der Waals surface area contributed by atoms with E-state index in [1.807, 2.05) is 6.07 Å². The Morgan fingerprint density at radius 1 is 1.44 bits per heavy atom. The predicted molar refractivity (Wildman–Crippen MR) is 63.2 cm³/mol. The molecule has 6 heteroatoms. The Balaban J connectivity index is 2.51. The van der Waals surface area contributed by atoms with Crippen molar-refractivity contribution in [2.24, 2.45) is 5.73 Å². The van der Waals surface area contributed by atoms with Gasteiger partial charge in [-0.1, -0.05) is 0 Å². The number of hydrogen-bond donors (Lipinski definition) is 4. The smallest absolute Gasteiger partial charge is 0.249 e. The number of nitrogens with zero attached hydrogens (tertiary/aromatic N) is 1. The van der Waals surface area contributed by atoms with Crippen LogP contribution in [0.4, 0.5) is 0 Å². The Hall–Kier alpha value is -2.36. The summed E-state index contributed by atoms with van der Waals surface area (Å²) < 4.78 is 0. The minimum Gasteiger partial charge on any atom is -0.385 e. The molecule has 0 spiro atoms. The van der Waals surface area contributed by atoms with E-state index in [1.165, 1.54) is 6.20 Å². The maximum absolute atomic E-state index is 10.8. The lowest BCUT2D eigenvalue weighted by atomic mass is 10.0. The third-order valence-corrected chi connectivity index (χ3v) is 2.75. The van der Waals surface area contributed by atoms with Crippen LogP contribution in [0.5, 0.6) is 0 Å². The SMILES string of the molecule is N#Cc1ccc2[nH]cc(C(O)C(O)C(N)=O)c2c1. The van der Waals surface area contributed by atoms with E-state index >= 15 is 0 Å². The molecule has 1 amide bonds. The van der Waals surface area contributed by atoms with Gasteiger partial charge in [-0.25, -0.2) is 0 Å². The van der Waals surface area contributed by atoms with E-state index in [1.54, 1.807) is 18.2 Å². The molecule has 5 N–H and O–H groups in total. The zero-order chi connectivity index (χ0) is 13.3. The second-order valence-electron chi connectivity index (χ2n) is 3.91. The first-order chi connectivity index (χ1) is 8.54. The van der Waals surface area contributed by atoms with E-state index in [-0.39, 0.29) is 0 Å². The average molecular weight is 245 g/mol. The van der Waals surface area contributed by atoms with Gasteiger partial charge in [0.2, 0.25) is 5.91 Å². The van der Waals surface area contributed by atoms with Crippen LogP contribution in [0.15, 0.2) is 24.4 Å². The van der Waals surface area contributed by atoms with Crippen molar-refractivity contribution >= 4 is 16.8 Å². The number of aromatic nitrogens is 1. The van der Waals surface area contributed by atoms with Crippen LogP contribution in [-0.4, -0.2) is 27.2 Å². The first-order valence-corrected chi connectivity index (χ1v) is 5.21. The zero-order valence-corrected chi connectivity index (χ0v) is 9.29. The molecule has 0 aliphatic carbocycles. The highest BCUT2D eigenvalue weighted by atomic mass is 16.3. The first kappa shape index (κ1) is 12.1. The van der Waals surface area contributed by atoms with Crippen LogP contribution in [0.3, 0.4) is 0 Å². The van der Waals surface area contributed by atoms with Crippen LogP contribution in [0, 0.1) is 11.3 Å². The fourth-order valence-corrected chi connectivity index (χ4v) is 1.78. The molecule has 2 rings (SSSR count). The van der Waals surface area contributed by atoms with Gasteiger partial charge in [0, 0.05) is 22.7 Å². The predicted octanol–water partition coefficient (Wildman–Crippen LogP) is -0.0808. The van der Waals surface area contributed by atoms with Crippen molar-refractivity contribution in [3.8, 4) is 6.07 Å². The lowest BCUT2D eigenvalue weighted by Gasteiger charge is -2.13. The summed E-state index contributed by atoms with van der Waals surface area (Å²) in [6.07, 6.45) is -1.64. The van der Waals surface area contributed by atoms with Crippen LogP contribution in [0.1, 0.15) is 17.2 Å². The number of rotatable bonds is 3. The lowest BCUT2D eigenvalue weighted by Crippen LogP contribution is -2.33. The zero-order valence-electron chi connectivity index (χ0n) is 9.29. The number of aliphatic hydroxyl groups is 2. The van der Waals surface area contributed by atoms with Crippen LogP contribution >= 0.6 is 0 Å². The molecule has 18 heavy (non-hydrogen) atoms. The summed E-state index contributed by atoms with van der Waals surface area (Å²) in [7, 11) is 0. The number of aliphatic hydroxyl groups excluding tert-OH is 2. The molecular weight excluding hydrogens is 234 g/mol. The Kier molecular flexibility index (Phi) is 3.02. The second-order valence-corrected chi connectivity index (χ2v) is 3.91. The summed E-state index contributed by atoms with van der Waals surface area (Å²) in [5.74, 6) is -1.01. The third kappa shape index (κ3) is 1.93. The van der Waals surface area contributed by atoms with Crippen molar-refractivity contribution in [1.82, 2.24) is 4.98 Å². The van der Waals surface area contributed by atoms with E-state index in [0.717, 1.165) is 0 Å². The number of primary amides is 1. The van der Waals surface area contributed by atoms with Crippen LogP contribution in [0.2, 0.25) is 0 Å².